The van der Waals surface area contributed by atoms with E-state index in [0.717, 1.165) is 0 Å². The van der Waals surface area contributed by atoms with Crippen LogP contribution in [0.5, 0.6) is 0 Å². The van der Waals surface area contributed by atoms with Gasteiger partial charge in [0.15, 0.2) is 5.76 Å². The molecule has 1 fully saturated rings. The molecule has 1 aliphatic rings. The number of nitrogens with one attached hydrogen (secondary N) is 1. The molecule has 1 aliphatic heterocycles. The highest BCUT2D eigenvalue weighted by atomic mass is 16.5. The zero-order valence-corrected chi connectivity index (χ0v) is 12.0. The van der Waals surface area contributed by atoms with Crippen molar-refractivity contribution in [2.45, 2.75) is 13.8 Å². The Bertz CT molecular complexity index is 448. The number of piperazine rings is 1. The van der Waals surface area contributed by atoms with E-state index in [1.54, 1.807) is 17.0 Å². The number of furan rings is 1. The van der Waals surface area contributed by atoms with Gasteiger partial charge >= 0.3 is 0 Å². The second-order valence-corrected chi connectivity index (χ2v) is 5.27. The van der Waals surface area contributed by atoms with Crippen molar-refractivity contribution < 1.29 is 13.9 Å². The first-order valence-electron chi connectivity index (χ1n) is 6.87. The Kier molecular flexibility index (Phi) is 4.65. The van der Waals surface area contributed by atoms with Crippen molar-refractivity contribution in [1.29, 1.82) is 5.41 Å². The SMILES string of the molecule is CC(C)COC(=N)N1CCN(C(=O)c2ccco2)CC1. The second kappa shape index (κ2) is 6.45. The van der Waals surface area contributed by atoms with Crippen LogP contribution in [-0.2, 0) is 4.74 Å². The molecular formula is C14H21N3O3. The van der Waals surface area contributed by atoms with Crippen LogP contribution in [0.25, 0.3) is 0 Å². The third-order valence-corrected chi connectivity index (χ3v) is 3.14. The van der Waals surface area contributed by atoms with Crippen LogP contribution in [0.1, 0.15) is 24.4 Å². The molecule has 1 N–H and O–H groups in total. The minimum absolute atomic E-state index is 0.0933. The predicted octanol–water partition coefficient (Wildman–Crippen LogP) is 1.64. The van der Waals surface area contributed by atoms with Crippen LogP contribution in [0.2, 0.25) is 0 Å². The molecule has 1 saturated heterocycles. The standard InChI is InChI=1S/C14H21N3O3/c1-11(2)10-20-14(15)17-7-5-16(6-8-17)13(18)12-4-3-9-19-12/h3-4,9,11,15H,5-8,10H2,1-2H3. The lowest BCUT2D eigenvalue weighted by Gasteiger charge is -2.35. The average molecular weight is 279 g/mol. The summed E-state index contributed by atoms with van der Waals surface area (Å²) in [5.41, 5.74) is 0. The van der Waals surface area contributed by atoms with Crippen molar-refractivity contribution in [2.75, 3.05) is 32.8 Å². The molecule has 2 heterocycles. The minimum Gasteiger partial charge on any atom is -0.465 e. The molecule has 1 aromatic heterocycles. The van der Waals surface area contributed by atoms with Gasteiger partial charge in [0.2, 0.25) is 0 Å². The Hall–Kier alpha value is -1.98. The van der Waals surface area contributed by atoms with Gasteiger partial charge in [0, 0.05) is 26.2 Å². The summed E-state index contributed by atoms with van der Waals surface area (Å²) in [4.78, 5) is 15.7. The lowest BCUT2D eigenvalue weighted by Crippen LogP contribution is -2.51. The third-order valence-electron chi connectivity index (χ3n) is 3.14. The van der Waals surface area contributed by atoms with Gasteiger partial charge in [-0.1, -0.05) is 13.8 Å². The molecule has 0 saturated carbocycles. The minimum atomic E-state index is -0.0933. The largest absolute Gasteiger partial charge is 0.465 e. The van der Waals surface area contributed by atoms with E-state index in [-0.39, 0.29) is 11.9 Å². The van der Waals surface area contributed by atoms with E-state index >= 15 is 0 Å². The first-order chi connectivity index (χ1) is 9.58. The molecule has 0 aromatic carbocycles. The predicted molar refractivity (Wildman–Crippen MR) is 74.7 cm³/mol. The molecule has 1 amide bonds. The van der Waals surface area contributed by atoms with Gasteiger partial charge in [-0.15, -0.1) is 0 Å². The Balaban J connectivity index is 1.80. The second-order valence-electron chi connectivity index (χ2n) is 5.27. The van der Waals surface area contributed by atoms with Crippen molar-refractivity contribution in [3.8, 4) is 0 Å². The van der Waals surface area contributed by atoms with Gasteiger partial charge in [-0.05, 0) is 18.1 Å². The van der Waals surface area contributed by atoms with E-state index in [1.165, 1.54) is 6.26 Å². The first kappa shape index (κ1) is 14.4. The summed E-state index contributed by atoms with van der Waals surface area (Å²) in [6.07, 6.45) is 1.50. The third kappa shape index (κ3) is 3.53. The summed E-state index contributed by atoms with van der Waals surface area (Å²) in [5, 5.41) is 7.87. The number of amides is 1. The summed E-state index contributed by atoms with van der Waals surface area (Å²) in [6, 6.07) is 3.57. The number of rotatable bonds is 3. The zero-order chi connectivity index (χ0) is 14.5. The van der Waals surface area contributed by atoms with Crippen molar-refractivity contribution in [3.05, 3.63) is 24.2 Å². The van der Waals surface area contributed by atoms with Crippen LogP contribution < -0.4 is 0 Å². The van der Waals surface area contributed by atoms with E-state index < -0.39 is 0 Å². The fourth-order valence-corrected chi connectivity index (χ4v) is 2.01. The van der Waals surface area contributed by atoms with Crippen LogP contribution in [0, 0.1) is 11.3 Å². The number of carbonyl (C=O) groups excluding carboxylic acids is 1. The molecule has 0 spiro atoms. The van der Waals surface area contributed by atoms with E-state index in [4.69, 9.17) is 14.6 Å². The topological polar surface area (TPSA) is 69.8 Å². The van der Waals surface area contributed by atoms with Gasteiger partial charge in [0.25, 0.3) is 11.9 Å². The number of ether oxygens (including phenoxy) is 1. The molecule has 0 unspecified atom stereocenters. The van der Waals surface area contributed by atoms with Crippen molar-refractivity contribution in [1.82, 2.24) is 9.80 Å². The number of amidine groups is 1. The Morgan fingerprint density at radius 1 is 1.35 bits per heavy atom. The number of nitrogens with zero attached hydrogens (tertiary/aromatic N) is 2. The van der Waals surface area contributed by atoms with E-state index in [9.17, 15) is 4.79 Å². The molecule has 6 heteroatoms. The van der Waals surface area contributed by atoms with Gasteiger partial charge in [0.05, 0.1) is 12.9 Å². The molecule has 6 nitrogen and oxygen atoms in total. The fourth-order valence-electron chi connectivity index (χ4n) is 2.01. The quantitative estimate of drug-likeness (QED) is 0.674. The van der Waals surface area contributed by atoms with E-state index in [2.05, 4.69) is 0 Å². The molecule has 0 aliphatic carbocycles. The van der Waals surface area contributed by atoms with E-state index in [1.807, 2.05) is 18.7 Å². The summed E-state index contributed by atoms with van der Waals surface area (Å²) < 4.78 is 10.5. The number of carbonyl (C=O) groups is 1. The molecular weight excluding hydrogens is 258 g/mol. The summed E-state index contributed by atoms with van der Waals surface area (Å²) >= 11 is 0. The molecule has 0 bridgehead atoms. The smallest absolute Gasteiger partial charge is 0.289 e. The number of hydrogen-bond acceptors (Lipinski definition) is 4. The fraction of sp³-hybridized carbons (Fsp3) is 0.571. The van der Waals surface area contributed by atoms with Crippen molar-refractivity contribution in [3.63, 3.8) is 0 Å². The van der Waals surface area contributed by atoms with Gasteiger partial charge in [-0.2, -0.15) is 0 Å². The highest BCUT2D eigenvalue weighted by molar-refractivity contribution is 5.91. The van der Waals surface area contributed by atoms with Crippen LogP contribution in [0.3, 0.4) is 0 Å². The normalized spacial score (nSPS) is 15.6. The lowest BCUT2D eigenvalue weighted by molar-refractivity contribution is 0.0634. The maximum Gasteiger partial charge on any atom is 0.289 e. The summed E-state index contributed by atoms with van der Waals surface area (Å²) in [6.45, 7) is 7.03. The van der Waals surface area contributed by atoms with Crippen LogP contribution in [0.15, 0.2) is 22.8 Å². The highest BCUT2D eigenvalue weighted by Gasteiger charge is 2.25. The first-order valence-corrected chi connectivity index (χ1v) is 6.87. The van der Waals surface area contributed by atoms with Gasteiger partial charge in [-0.25, -0.2) is 0 Å². The maximum absolute atomic E-state index is 12.1. The molecule has 2 rings (SSSR count). The van der Waals surface area contributed by atoms with Crippen LogP contribution in [-0.4, -0.2) is 54.5 Å². The molecule has 0 radical (unpaired) electrons. The summed E-state index contributed by atoms with van der Waals surface area (Å²) in [7, 11) is 0. The Labute approximate surface area is 118 Å². The van der Waals surface area contributed by atoms with Gasteiger partial charge < -0.3 is 19.0 Å². The number of hydrogen-bond donors (Lipinski definition) is 1. The zero-order valence-electron chi connectivity index (χ0n) is 12.0. The Morgan fingerprint density at radius 2 is 2.00 bits per heavy atom. The Morgan fingerprint density at radius 3 is 2.55 bits per heavy atom. The van der Waals surface area contributed by atoms with E-state index in [0.29, 0.717) is 44.5 Å². The lowest BCUT2D eigenvalue weighted by atomic mass is 10.2. The molecule has 1 aromatic rings. The average Bonchev–Trinajstić information content (AvgIpc) is 2.98. The van der Waals surface area contributed by atoms with Gasteiger partial charge in [0.1, 0.15) is 0 Å². The van der Waals surface area contributed by atoms with Crippen LogP contribution >= 0.6 is 0 Å². The van der Waals surface area contributed by atoms with Gasteiger partial charge in [-0.3, -0.25) is 10.2 Å². The molecule has 110 valence electrons. The van der Waals surface area contributed by atoms with Crippen LogP contribution in [0.4, 0.5) is 0 Å². The summed E-state index contributed by atoms with van der Waals surface area (Å²) in [5.74, 6) is 0.672. The van der Waals surface area contributed by atoms with Crippen molar-refractivity contribution >= 4 is 11.9 Å². The monoisotopic (exact) mass is 279 g/mol. The highest BCUT2D eigenvalue weighted by Crippen LogP contribution is 2.10. The maximum atomic E-state index is 12.1. The van der Waals surface area contributed by atoms with Crippen molar-refractivity contribution in [2.24, 2.45) is 5.92 Å². The molecule has 0 atom stereocenters. The molecule has 20 heavy (non-hydrogen) atoms.